The zero-order valence-electron chi connectivity index (χ0n) is 19.0. The van der Waals surface area contributed by atoms with Crippen LogP contribution in [0, 0.1) is 5.41 Å². The highest BCUT2D eigenvalue weighted by Crippen LogP contribution is 2.51. The molecule has 0 amide bonds. The maximum absolute atomic E-state index is 13.4. The normalized spacial score (nSPS) is 21.4. The van der Waals surface area contributed by atoms with Crippen molar-refractivity contribution >= 4 is 27.4 Å². The van der Waals surface area contributed by atoms with E-state index in [2.05, 4.69) is 77.2 Å². The zero-order chi connectivity index (χ0) is 22.6. The number of nitrogens with zero attached hydrogens (tertiary/aromatic N) is 1. The van der Waals surface area contributed by atoms with Gasteiger partial charge in [-0.15, -0.1) is 0 Å². The predicted octanol–water partition coefficient (Wildman–Crippen LogP) is 6.11. The lowest BCUT2D eigenvalue weighted by atomic mass is 9.69. The molecule has 5 rings (SSSR count). The Labute approximate surface area is 198 Å². The van der Waals surface area contributed by atoms with E-state index in [4.69, 9.17) is 9.47 Å². The van der Waals surface area contributed by atoms with Crippen LogP contribution in [0.1, 0.15) is 49.3 Å². The van der Waals surface area contributed by atoms with Gasteiger partial charge in [0.25, 0.3) is 0 Å². The molecule has 2 heterocycles. The summed E-state index contributed by atoms with van der Waals surface area (Å²) in [7, 11) is 3.35. The van der Waals surface area contributed by atoms with Crippen molar-refractivity contribution in [3.05, 3.63) is 74.9 Å². The number of allylic oxidation sites excluding steroid dienone is 3. The molecule has 0 fully saturated rings. The highest BCUT2D eigenvalue weighted by molar-refractivity contribution is 9.10. The Balaban J connectivity index is 1.71. The fourth-order valence-corrected chi connectivity index (χ4v) is 5.66. The lowest BCUT2D eigenvalue weighted by Gasteiger charge is -2.46. The van der Waals surface area contributed by atoms with E-state index in [1.54, 1.807) is 14.2 Å². The number of ether oxygens (including phenoxy) is 2. The average molecular weight is 494 g/mol. The van der Waals surface area contributed by atoms with Crippen LogP contribution in [0.2, 0.25) is 0 Å². The van der Waals surface area contributed by atoms with E-state index in [9.17, 15) is 4.79 Å². The molecule has 0 N–H and O–H groups in total. The summed E-state index contributed by atoms with van der Waals surface area (Å²) in [5.74, 6) is 1.72. The van der Waals surface area contributed by atoms with Gasteiger partial charge in [-0.05, 0) is 59.7 Å². The van der Waals surface area contributed by atoms with Crippen molar-refractivity contribution in [2.75, 3.05) is 20.8 Å². The van der Waals surface area contributed by atoms with Gasteiger partial charge in [-0.3, -0.25) is 4.79 Å². The maximum atomic E-state index is 13.4. The number of Topliss-reactive ketones (excluding diaryl/α,β-unsaturated/α-hetero) is 1. The summed E-state index contributed by atoms with van der Waals surface area (Å²) in [4.78, 5) is 15.8. The third-order valence-corrected chi connectivity index (χ3v) is 7.40. The smallest absolute Gasteiger partial charge is 0.162 e. The summed E-state index contributed by atoms with van der Waals surface area (Å²) >= 11 is 3.54. The van der Waals surface area contributed by atoms with Crippen molar-refractivity contribution in [1.82, 2.24) is 4.90 Å². The molecule has 0 unspecified atom stereocenters. The third-order valence-electron chi connectivity index (χ3n) is 6.87. The van der Waals surface area contributed by atoms with E-state index in [0.717, 1.165) is 46.5 Å². The van der Waals surface area contributed by atoms with Crippen molar-refractivity contribution in [2.45, 2.75) is 39.0 Å². The van der Waals surface area contributed by atoms with E-state index < -0.39 is 0 Å². The lowest BCUT2D eigenvalue weighted by Crippen LogP contribution is -2.40. The molecule has 1 atom stereocenters. The van der Waals surface area contributed by atoms with Crippen LogP contribution in [0.5, 0.6) is 11.5 Å². The predicted molar refractivity (Wildman–Crippen MR) is 130 cm³/mol. The van der Waals surface area contributed by atoms with E-state index in [-0.39, 0.29) is 17.1 Å². The highest BCUT2D eigenvalue weighted by atomic mass is 79.9. The number of hydrogen-bond donors (Lipinski definition) is 0. The fourth-order valence-electron chi connectivity index (χ4n) is 5.39. The first-order valence-electron chi connectivity index (χ1n) is 11.1. The van der Waals surface area contributed by atoms with E-state index in [1.807, 2.05) is 0 Å². The van der Waals surface area contributed by atoms with Gasteiger partial charge in [-0.2, -0.15) is 0 Å². The fraction of sp³-hybridized carbons (Fsp3) is 0.370. The van der Waals surface area contributed by atoms with Crippen LogP contribution in [0.25, 0.3) is 5.70 Å². The minimum absolute atomic E-state index is 0.0412. The van der Waals surface area contributed by atoms with E-state index in [0.29, 0.717) is 6.42 Å². The van der Waals surface area contributed by atoms with Crippen molar-refractivity contribution < 1.29 is 14.3 Å². The molecule has 2 aromatic rings. The van der Waals surface area contributed by atoms with Gasteiger partial charge in [-0.25, -0.2) is 0 Å². The average Bonchev–Trinajstić information content (AvgIpc) is 2.77. The van der Waals surface area contributed by atoms with Crippen LogP contribution in [-0.4, -0.2) is 31.4 Å². The molecule has 2 aromatic carbocycles. The van der Waals surface area contributed by atoms with Crippen molar-refractivity contribution in [1.29, 1.82) is 0 Å². The molecule has 0 saturated heterocycles. The monoisotopic (exact) mass is 493 g/mol. The SMILES string of the molecule is COc1cc2c(cc1OC)C1=C[C@H](c3ccc(Br)cc3)C3=C(CC(C)(C)CC3=O)N1CC2. The Morgan fingerprint density at radius 2 is 1.72 bits per heavy atom. The number of rotatable bonds is 3. The van der Waals surface area contributed by atoms with Crippen molar-refractivity contribution in [2.24, 2.45) is 5.41 Å². The first-order valence-corrected chi connectivity index (χ1v) is 11.9. The molecule has 0 saturated carbocycles. The van der Waals surface area contributed by atoms with Gasteiger partial charge >= 0.3 is 0 Å². The molecule has 0 bridgehead atoms. The Morgan fingerprint density at radius 1 is 1.03 bits per heavy atom. The number of carbonyl (C=O) groups is 1. The minimum Gasteiger partial charge on any atom is -0.493 e. The van der Waals surface area contributed by atoms with Crippen LogP contribution in [-0.2, 0) is 11.2 Å². The van der Waals surface area contributed by atoms with Gasteiger partial charge in [0.2, 0.25) is 0 Å². The third kappa shape index (κ3) is 3.47. The summed E-state index contributed by atoms with van der Waals surface area (Å²) in [5.41, 5.74) is 6.86. The van der Waals surface area contributed by atoms with Crippen molar-refractivity contribution in [3.63, 3.8) is 0 Å². The van der Waals surface area contributed by atoms with Crippen LogP contribution in [0.15, 0.2) is 58.2 Å². The molecule has 2 aliphatic heterocycles. The van der Waals surface area contributed by atoms with Crippen molar-refractivity contribution in [3.8, 4) is 11.5 Å². The highest BCUT2D eigenvalue weighted by Gasteiger charge is 2.42. The van der Waals surface area contributed by atoms with Gasteiger partial charge in [0.05, 0.1) is 14.2 Å². The molecule has 0 spiro atoms. The quantitative estimate of drug-likeness (QED) is 0.517. The molecular weight excluding hydrogens is 466 g/mol. The summed E-state index contributed by atoms with van der Waals surface area (Å²) in [6, 6.07) is 12.5. The molecule has 32 heavy (non-hydrogen) atoms. The summed E-state index contributed by atoms with van der Waals surface area (Å²) in [5, 5.41) is 0. The van der Waals surface area contributed by atoms with E-state index in [1.165, 1.54) is 22.5 Å². The first kappa shape index (κ1) is 21.3. The van der Waals surface area contributed by atoms with Crippen LogP contribution < -0.4 is 9.47 Å². The number of benzene rings is 2. The molecular formula is C27H28BrNO3. The number of methoxy groups -OCH3 is 2. The number of ketones is 1. The standard InChI is InChI=1S/C27H28BrNO3/c1-27(2)14-22-26(23(30)15-27)20(16-5-7-18(28)8-6-16)12-21-19-13-25(32-4)24(31-3)11-17(19)9-10-29(21)22/h5-8,11-13,20H,9-10,14-15H2,1-4H3/t20-/m1/s1. The minimum atomic E-state index is -0.0491. The largest absolute Gasteiger partial charge is 0.493 e. The number of fused-ring (bicyclic) bond motifs is 4. The molecule has 1 aliphatic carbocycles. The Morgan fingerprint density at radius 3 is 2.41 bits per heavy atom. The Kier molecular flexibility index (Phi) is 5.20. The van der Waals surface area contributed by atoms with Gasteiger partial charge in [0.1, 0.15) is 0 Å². The van der Waals surface area contributed by atoms with Crippen LogP contribution in [0.3, 0.4) is 0 Å². The Bertz CT molecular complexity index is 1160. The molecule has 166 valence electrons. The molecule has 5 heteroatoms. The number of halogens is 1. The maximum Gasteiger partial charge on any atom is 0.162 e. The lowest BCUT2D eigenvalue weighted by molar-refractivity contribution is -0.118. The van der Waals surface area contributed by atoms with E-state index >= 15 is 0 Å². The number of hydrogen-bond acceptors (Lipinski definition) is 4. The second-order valence-corrected chi connectivity index (χ2v) is 10.6. The topological polar surface area (TPSA) is 38.8 Å². The molecule has 3 aliphatic rings. The zero-order valence-corrected chi connectivity index (χ0v) is 20.6. The summed E-state index contributed by atoms with van der Waals surface area (Å²) in [6.07, 6.45) is 4.68. The van der Waals surface area contributed by atoms with Gasteiger partial charge < -0.3 is 14.4 Å². The van der Waals surface area contributed by atoms with Gasteiger partial charge in [-0.1, -0.05) is 41.9 Å². The Hall–Kier alpha value is -2.53. The van der Waals surface area contributed by atoms with Crippen LogP contribution in [0.4, 0.5) is 0 Å². The molecule has 0 aromatic heterocycles. The van der Waals surface area contributed by atoms with Gasteiger partial charge in [0, 0.05) is 45.9 Å². The summed E-state index contributed by atoms with van der Waals surface area (Å²) in [6.45, 7) is 5.27. The second-order valence-electron chi connectivity index (χ2n) is 9.65. The molecule has 4 nitrogen and oxygen atoms in total. The summed E-state index contributed by atoms with van der Waals surface area (Å²) < 4.78 is 12.2. The van der Waals surface area contributed by atoms with Gasteiger partial charge in [0.15, 0.2) is 17.3 Å². The second kappa shape index (κ2) is 7.80. The first-order chi connectivity index (χ1) is 15.3. The molecule has 0 radical (unpaired) electrons. The van der Waals surface area contributed by atoms with Crippen LogP contribution >= 0.6 is 15.9 Å². The number of carbonyl (C=O) groups excluding carboxylic acids is 1.